The number of nitrogens with zero attached hydrogens (tertiary/aromatic N) is 2. The molecule has 2 fully saturated rings. The van der Waals surface area contributed by atoms with Crippen molar-refractivity contribution in [3.05, 3.63) is 23.5 Å². The van der Waals surface area contributed by atoms with Crippen LogP contribution in [-0.4, -0.2) is 41.7 Å². The van der Waals surface area contributed by atoms with Crippen molar-refractivity contribution < 1.29 is 4.74 Å². The molecule has 1 saturated heterocycles. The molecular formula is C17H27N3O. The zero-order chi connectivity index (χ0) is 14.9. The van der Waals surface area contributed by atoms with Crippen molar-refractivity contribution in [1.29, 1.82) is 0 Å². The van der Waals surface area contributed by atoms with E-state index >= 15 is 0 Å². The number of methoxy groups -OCH3 is 1. The fourth-order valence-corrected chi connectivity index (χ4v) is 3.92. The zero-order valence-electron chi connectivity index (χ0n) is 13.5. The van der Waals surface area contributed by atoms with Crippen LogP contribution >= 0.6 is 0 Å². The van der Waals surface area contributed by atoms with Crippen molar-refractivity contribution in [1.82, 2.24) is 15.2 Å². The van der Waals surface area contributed by atoms with E-state index in [1.165, 1.54) is 25.7 Å². The van der Waals surface area contributed by atoms with Gasteiger partial charge in [0.1, 0.15) is 5.75 Å². The number of pyridine rings is 1. The third kappa shape index (κ3) is 3.06. The van der Waals surface area contributed by atoms with Gasteiger partial charge in [-0.05, 0) is 26.7 Å². The lowest BCUT2D eigenvalue weighted by Crippen LogP contribution is -2.62. The third-order valence-corrected chi connectivity index (χ3v) is 5.05. The van der Waals surface area contributed by atoms with Gasteiger partial charge in [0.15, 0.2) is 0 Å². The number of hydrogen-bond donors (Lipinski definition) is 1. The smallest absolute Gasteiger partial charge is 0.122 e. The Balaban J connectivity index is 1.82. The lowest BCUT2D eigenvalue weighted by molar-refractivity contribution is 0.0381. The molecule has 1 spiro atoms. The van der Waals surface area contributed by atoms with Gasteiger partial charge < -0.3 is 10.1 Å². The molecule has 1 aromatic rings. The minimum atomic E-state index is 0.352. The van der Waals surface area contributed by atoms with Gasteiger partial charge in [0.05, 0.1) is 12.8 Å². The minimum Gasteiger partial charge on any atom is -0.497 e. The summed E-state index contributed by atoms with van der Waals surface area (Å²) in [4.78, 5) is 7.38. The molecule has 2 aliphatic rings. The van der Waals surface area contributed by atoms with Gasteiger partial charge in [-0.25, -0.2) is 0 Å². The largest absolute Gasteiger partial charge is 0.497 e. The summed E-state index contributed by atoms with van der Waals surface area (Å²) < 4.78 is 5.39. The summed E-state index contributed by atoms with van der Waals surface area (Å²) in [5.41, 5.74) is 2.52. The van der Waals surface area contributed by atoms with Crippen LogP contribution in [0.25, 0.3) is 0 Å². The van der Waals surface area contributed by atoms with Crippen molar-refractivity contribution in [2.45, 2.75) is 57.7 Å². The quantitative estimate of drug-likeness (QED) is 0.928. The van der Waals surface area contributed by atoms with Crippen LogP contribution in [0.15, 0.2) is 12.1 Å². The first-order valence-electron chi connectivity index (χ1n) is 8.11. The molecule has 1 N–H and O–H groups in total. The number of aromatic nitrogens is 1. The van der Waals surface area contributed by atoms with Crippen molar-refractivity contribution in [3.63, 3.8) is 0 Å². The Morgan fingerprint density at radius 3 is 2.86 bits per heavy atom. The second kappa shape index (κ2) is 5.93. The topological polar surface area (TPSA) is 37.4 Å². The molecule has 0 radical (unpaired) electrons. The van der Waals surface area contributed by atoms with Gasteiger partial charge in [0.25, 0.3) is 0 Å². The first kappa shape index (κ1) is 14.8. The number of nitrogens with one attached hydrogen (secondary N) is 1. The summed E-state index contributed by atoms with van der Waals surface area (Å²) in [5, 5.41) is 3.68. The van der Waals surface area contributed by atoms with E-state index in [9.17, 15) is 0 Å². The molecule has 1 aliphatic heterocycles. The summed E-state index contributed by atoms with van der Waals surface area (Å²) in [5.74, 6) is 0.918. The van der Waals surface area contributed by atoms with E-state index in [1.54, 1.807) is 7.11 Å². The fourth-order valence-electron chi connectivity index (χ4n) is 3.92. The molecule has 0 bridgehead atoms. The molecule has 4 nitrogen and oxygen atoms in total. The van der Waals surface area contributed by atoms with Crippen molar-refractivity contribution >= 4 is 0 Å². The van der Waals surface area contributed by atoms with Crippen LogP contribution in [0, 0.1) is 6.92 Å². The number of hydrogen-bond acceptors (Lipinski definition) is 4. The van der Waals surface area contributed by atoms with E-state index in [2.05, 4.69) is 23.2 Å². The summed E-state index contributed by atoms with van der Waals surface area (Å²) in [6.07, 6.45) is 5.35. The molecule has 1 unspecified atom stereocenters. The molecule has 3 rings (SSSR count). The maximum absolute atomic E-state index is 5.39. The highest BCUT2D eigenvalue weighted by Gasteiger charge is 2.42. The van der Waals surface area contributed by atoms with Gasteiger partial charge in [-0.15, -0.1) is 0 Å². The second-order valence-corrected chi connectivity index (χ2v) is 6.73. The third-order valence-electron chi connectivity index (χ3n) is 5.05. The predicted octanol–water partition coefficient (Wildman–Crippen LogP) is 2.51. The highest BCUT2D eigenvalue weighted by Crippen LogP contribution is 2.37. The maximum Gasteiger partial charge on any atom is 0.122 e. The Bertz CT molecular complexity index is 497. The highest BCUT2D eigenvalue weighted by atomic mass is 16.5. The van der Waals surface area contributed by atoms with Crippen LogP contribution in [0.2, 0.25) is 0 Å². The summed E-state index contributed by atoms with van der Waals surface area (Å²) in [7, 11) is 1.73. The second-order valence-electron chi connectivity index (χ2n) is 6.73. The molecule has 4 heteroatoms. The van der Waals surface area contributed by atoms with Crippen LogP contribution in [0.4, 0.5) is 0 Å². The first-order valence-corrected chi connectivity index (χ1v) is 8.11. The fraction of sp³-hybridized carbons (Fsp3) is 0.706. The van der Waals surface area contributed by atoms with Gasteiger partial charge in [-0.2, -0.15) is 0 Å². The van der Waals surface area contributed by atoms with E-state index in [0.717, 1.165) is 36.8 Å². The Kier molecular flexibility index (Phi) is 4.18. The predicted molar refractivity (Wildman–Crippen MR) is 84.6 cm³/mol. The summed E-state index contributed by atoms with van der Waals surface area (Å²) in [6.45, 7) is 7.48. The van der Waals surface area contributed by atoms with E-state index in [-0.39, 0.29) is 0 Å². The van der Waals surface area contributed by atoms with Gasteiger partial charge in [0, 0.05) is 49.0 Å². The van der Waals surface area contributed by atoms with Gasteiger partial charge >= 0.3 is 0 Å². The van der Waals surface area contributed by atoms with Crippen LogP contribution in [0.1, 0.15) is 44.0 Å². The number of aryl methyl sites for hydroxylation is 1. The Hall–Kier alpha value is -1.13. The van der Waals surface area contributed by atoms with E-state index in [0.29, 0.717) is 11.6 Å². The molecule has 1 aromatic heterocycles. The van der Waals surface area contributed by atoms with E-state index < -0.39 is 0 Å². The standard InChI is InChI=1S/C17H27N3O/c1-13-8-16(21-3)9-15(19-13)11-20-10-14(2)18-12-17(20)6-4-5-7-17/h8-9,14,18H,4-7,10-12H2,1-3H3. The molecule has 0 amide bonds. The summed E-state index contributed by atoms with van der Waals surface area (Å²) >= 11 is 0. The molecule has 1 atom stereocenters. The Labute approximate surface area is 127 Å². The van der Waals surface area contributed by atoms with E-state index in [4.69, 9.17) is 9.72 Å². The van der Waals surface area contributed by atoms with Crippen LogP contribution in [0.3, 0.4) is 0 Å². The van der Waals surface area contributed by atoms with E-state index in [1.807, 2.05) is 13.0 Å². The maximum atomic E-state index is 5.39. The van der Waals surface area contributed by atoms with Crippen LogP contribution in [0.5, 0.6) is 5.75 Å². The molecule has 0 aromatic carbocycles. The van der Waals surface area contributed by atoms with Gasteiger partial charge in [-0.1, -0.05) is 12.8 Å². The Morgan fingerprint density at radius 1 is 1.38 bits per heavy atom. The van der Waals surface area contributed by atoms with Crippen molar-refractivity contribution in [3.8, 4) is 5.75 Å². The molecule has 2 heterocycles. The molecular weight excluding hydrogens is 262 g/mol. The highest BCUT2D eigenvalue weighted by molar-refractivity contribution is 5.27. The molecule has 21 heavy (non-hydrogen) atoms. The molecule has 116 valence electrons. The lowest BCUT2D eigenvalue weighted by Gasteiger charge is -2.47. The summed E-state index contributed by atoms with van der Waals surface area (Å²) in [6, 6.07) is 4.64. The average molecular weight is 289 g/mol. The van der Waals surface area contributed by atoms with Crippen LogP contribution < -0.4 is 10.1 Å². The molecule has 1 saturated carbocycles. The molecule has 1 aliphatic carbocycles. The van der Waals surface area contributed by atoms with Crippen molar-refractivity contribution in [2.75, 3.05) is 20.2 Å². The van der Waals surface area contributed by atoms with Crippen LogP contribution in [-0.2, 0) is 6.54 Å². The monoisotopic (exact) mass is 289 g/mol. The number of rotatable bonds is 3. The minimum absolute atomic E-state index is 0.352. The van der Waals surface area contributed by atoms with Gasteiger partial charge in [0.2, 0.25) is 0 Å². The van der Waals surface area contributed by atoms with Crippen molar-refractivity contribution in [2.24, 2.45) is 0 Å². The zero-order valence-corrected chi connectivity index (χ0v) is 13.5. The lowest BCUT2D eigenvalue weighted by atomic mass is 9.91. The average Bonchev–Trinajstić information content (AvgIpc) is 2.92. The Morgan fingerprint density at radius 2 is 2.14 bits per heavy atom. The number of piperazine rings is 1. The number of ether oxygens (including phenoxy) is 1. The normalized spacial score (nSPS) is 25.4. The first-order chi connectivity index (χ1) is 10.1. The van der Waals surface area contributed by atoms with Gasteiger partial charge in [-0.3, -0.25) is 9.88 Å². The SMILES string of the molecule is COc1cc(C)nc(CN2CC(C)NCC23CCCC3)c1.